The minimum Gasteiger partial charge on any atom is -0.179 e. The standard InChI is InChI=1S/C23H30S4/c24-17-9-7-5-3-1-2-4-6-8-11-19-13-14-22(26-19)23-16-15-21(27-23)20-12-10-18-25-20/h10,12-16,18,24H,1-9,11,17H2. The summed E-state index contributed by atoms with van der Waals surface area (Å²) in [5.41, 5.74) is 0. The second-order valence-electron chi connectivity index (χ2n) is 7.06. The van der Waals surface area contributed by atoms with Gasteiger partial charge in [0, 0.05) is 24.4 Å². The zero-order valence-electron chi connectivity index (χ0n) is 16.0. The number of hydrogen-bond acceptors (Lipinski definition) is 4. The van der Waals surface area contributed by atoms with Crippen molar-refractivity contribution in [3.05, 3.63) is 46.7 Å². The number of rotatable bonds is 13. The molecule has 0 radical (unpaired) electrons. The van der Waals surface area contributed by atoms with Crippen LogP contribution in [0, 0.1) is 0 Å². The lowest BCUT2D eigenvalue weighted by Crippen LogP contribution is -1.84. The molecule has 0 amide bonds. The maximum Gasteiger partial charge on any atom is 0.0449 e. The first-order chi connectivity index (χ1) is 13.4. The van der Waals surface area contributed by atoms with Gasteiger partial charge in [0.05, 0.1) is 0 Å². The normalized spacial score (nSPS) is 11.3. The SMILES string of the molecule is SCCCCCCCCCCCc1ccc(-c2ccc(-c3cccs3)s2)s1. The second kappa shape index (κ2) is 12.1. The molecule has 0 nitrogen and oxygen atoms in total. The quantitative estimate of drug-likeness (QED) is 0.201. The van der Waals surface area contributed by atoms with E-state index >= 15 is 0 Å². The molecular weight excluding hydrogens is 405 g/mol. The van der Waals surface area contributed by atoms with Gasteiger partial charge in [-0.15, -0.1) is 34.0 Å². The average Bonchev–Trinajstić information content (AvgIpc) is 3.43. The zero-order valence-corrected chi connectivity index (χ0v) is 19.3. The molecule has 0 aliphatic rings. The van der Waals surface area contributed by atoms with Gasteiger partial charge in [-0.1, -0.05) is 51.0 Å². The van der Waals surface area contributed by atoms with Crippen LogP contribution in [0.3, 0.4) is 0 Å². The van der Waals surface area contributed by atoms with E-state index in [0.717, 1.165) is 5.75 Å². The van der Waals surface area contributed by atoms with Crippen molar-refractivity contribution in [2.45, 2.75) is 64.2 Å². The minimum atomic E-state index is 1.05. The third-order valence-corrected chi connectivity index (χ3v) is 8.66. The van der Waals surface area contributed by atoms with Gasteiger partial charge >= 0.3 is 0 Å². The molecule has 3 heterocycles. The van der Waals surface area contributed by atoms with Gasteiger partial charge in [0.15, 0.2) is 0 Å². The van der Waals surface area contributed by atoms with Gasteiger partial charge in [0.1, 0.15) is 0 Å². The molecule has 0 atom stereocenters. The first-order valence-corrected chi connectivity index (χ1v) is 13.3. The van der Waals surface area contributed by atoms with Crippen LogP contribution < -0.4 is 0 Å². The van der Waals surface area contributed by atoms with Crippen molar-refractivity contribution in [1.29, 1.82) is 0 Å². The molecule has 146 valence electrons. The van der Waals surface area contributed by atoms with Gasteiger partial charge in [0.2, 0.25) is 0 Å². The van der Waals surface area contributed by atoms with Gasteiger partial charge in [-0.2, -0.15) is 12.6 Å². The Morgan fingerprint density at radius 2 is 1.19 bits per heavy atom. The Labute approximate surface area is 182 Å². The summed E-state index contributed by atoms with van der Waals surface area (Å²) in [6.45, 7) is 0. The van der Waals surface area contributed by atoms with Crippen molar-refractivity contribution in [2.75, 3.05) is 5.75 Å². The molecule has 0 N–H and O–H groups in total. The number of unbranched alkanes of at least 4 members (excludes halogenated alkanes) is 8. The Bertz CT molecular complexity index is 751. The zero-order chi connectivity index (χ0) is 18.7. The Hall–Kier alpha value is -0.550. The highest BCUT2D eigenvalue weighted by Gasteiger charge is 2.08. The van der Waals surface area contributed by atoms with Crippen molar-refractivity contribution in [3.8, 4) is 19.5 Å². The molecule has 0 aliphatic heterocycles. The number of aryl methyl sites for hydroxylation is 1. The molecule has 0 unspecified atom stereocenters. The average molecular weight is 435 g/mol. The fraction of sp³-hybridized carbons (Fsp3) is 0.478. The van der Waals surface area contributed by atoms with Gasteiger partial charge in [0.25, 0.3) is 0 Å². The summed E-state index contributed by atoms with van der Waals surface area (Å²) >= 11 is 10.00. The molecule has 0 bridgehead atoms. The third kappa shape index (κ3) is 7.08. The lowest BCUT2D eigenvalue weighted by atomic mass is 10.1. The van der Waals surface area contributed by atoms with Crippen LogP contribution in [-0.2, 0) is 6.42 Å². The van der Waals surface area contributed by atoms with Crippen LogP contribution in [0.1, 0.15) is 62.7 Å². The van der Waals surface area contributed by atoms with Gasteiger partial charge in [-0.05, 0) is 60.7 Å². The molecule has 0 fully saturated rings. The summed E-state index contributed by atoms with van der Waals surface area (Å²) < 4.78 is 0. The van der Waals surface area contributed by atoms with E-state index in [-0.39, 0.29) is 0 Å². The van der Waals surface area contributed by atoms with Crippen molar-refractivity contribution < 1.29 is 0 Å². The lowest BCUT2D eigenvalue weighted by molar-refractivity contribution is 0.566. The van der Waals surface area contributed by atoms with E-state index in [2.05, 4.69) is 54.4 Å². The first kappa shape index (κ1) is 21.2. The lowest BCUT2D eigenvalue weighted by Gasteiger charge is -2.01. The molecule has 0 aromatic carbocycles. The summed E-state index contributed by atoms with van der Waals surface area (Å²) in [4.78, 5) is 7.15. The predicted molar refractivity (Wildman–Crippen MR) is 130 cm³/mol. The number of thiophene rings is 3. The van der Waals surface area contributed by atoms with Crippen molar-refractivity contribution >= 4 is 46.6 Å². The van der Waals surface area contributed by atoms with E-state index < -0.39 is 0 Å². The molecule has 0 spiro atoms. The van der Waals surface area contributed by atoms with Gasteiger partial charge < -0.3 is 0 Å². The highest BCUT2D eigenvalue weighted by molar-refractivity contribution is 7.80. The Morgan fingerprint density at radius 1 is 0.593 bits per heavy atom. The molecule has 4 heteroatoms. The Kier molecular flexibility index (Phi) is 9.49. The van der Waals surface area contributed by atoms with Crippen LogP contribution in [0.4, 0.5) is 0 Å². The van der Waals surface area contributed by atoms with Crippen LogP contribution >= 0.6 is 46.6 Å². The second-order valence-corrected chi connectivity index (χ2v) is 10.7. The van der Waals surface area contributed by atoms with Gasteiger partial charge in [-0.3, -0.25) is 0 Å². The van der Waals surface area contributed by atoms with Crippen molar-refractivity contribution in [2.24, 2.45) is 0 Å². The monoisotopic (exact) mass is 434 g/mol. The highest BCUT2D eigenvalue weighted by atomic mass is 32.1. The fourth-order valence-electron chi connectivity index (χ4n) is 3.31. The summed E-state index contributed by atoms with van der Waals surface area (Å²) in [5, 5.41) is 2.15. The predicted octanol–water partition coefficient (Wildman–Crippen LogP) is 9.19. The first-order valence-electron chi connectivity index (χ1n) is 10.2. The van der Waals surface area contributed by atoms with E-state index in [1.54, 1.807) is 4.88 Å². The smallest absolute Gasteiger partial charge is 0.0449 e. The molecule has 0 saturated heterocycles. The molecule has 3 aromatic rings. The maximum absolute atomic E-state index is 4.27. The van der Waals surface area contributed by atoms with Crippen LogP contribution in [0.5, 0.6) is 0 Å². The summed E-state index contributed by atoms with van der Waals surface area (Å²) in [5.74, 6) is 1.05. The van der Waals surface area contributed by atoms with Crippen LogP contribution in [0.15, 0.2) is 41.8 Å². The van der Waals surface area contributed by atoms with E-state index in [4.69, 9.17) is 0 Å². The number of thiol groups is 1. The molecule has 3 aromatic heterocycles. The summed E-state index contributed by atoms with van der Waals surface area (Å²) in [6, 6.07) is 13.5. The van der Waals surface area contributed by atoms with Crippen molar-refractivity contribution in [1.82, 2.24) is 0 Å². The third-order valence-electron chi connectivity index (χ3n) is 4.86. The fourth-order valence-corrected chi connectivity index (χ4v) is 6.52. The van der Waals surface area contributed by atoms with E-state index in [9.17, 15) is 0 Å². The number of hydrogen-bond donors (Lipinski definition) is 1. The van der Waals surface area contributed by atoms with Gasteiger partial charge in [-0.25, -0.2) is 0 Å². The van der Waals surface area contributed by atoms with Crippen molar-refractivity contribution in [3.63, 3.8) is 0 Å². The molecule has 27 heavy (non-hydrogen) atoms. The molecule has 3 rings (SSSR count). The largest absolute Gasteiger partial charge is 0.179 e. The maximum atomic E-state index is 4.27. The van der Waals surface area contributed by atoms with E-state index in [1.165, 1.54) is 83.7 Å². The van der Waals surface area contributed by atoms with Crippen LogP contribution in [-0.4, -0.2) is 5.75 Å². The Morgan fingerprint density at radius 3 is 1.85 bits per heavy atom. The molecule has 0 saturated carbocycles. The minimum absolute atomic E-state index is 1.05. The van der Waals surface area contributed by atoms with E-state index in [0.29, 0.717) is 0 Å². The van der Waals surface area contributed by atoms with Crippen LogP contribution in [0.2, 0.25) is 0 Å². The Balaban J connectivity index is 1.33. The topological polar surface area (TPSA) is 0 Å². The molecular formula is C23H30S4. The summed E-state index contributed by atoms with van der Waals surface area (Å²) in [6.07, 6.45) is 13.7. The highest BCUT2D eigenvalue weighted by Crippen LogP contribution is 2.39. The summed E-state index contributed by atoms with van der Waals surface area (Å²) in [7, 11) is 0. The van der Waals surface area contributed by atoms with Crippen LogP contribution in [0.25, 0.3) is 19.5 Å². The van der Waals surface area contributed by atoms with E-state index in [1.807, 2.05) is 34.0 Å². The molecule has 0 aliphatic carbocycles.